The number of carbonyl (C=O) groups excluding carboxylic acids is 1. The van der Waals surface area contributed by atoms with Crippen LogP contribution < -0.4 is 4.90 Å². The van der Waals surface area contributed by atoms with Gasteiger partial charge in [0.15, 0.2) is 0 Å². The first kappa shape index (κ1) is 23.3. The van der Waals surface area contributed by atoms with Crippen LogP contribution in [0.2, 0.25) is 0 Å². The highest BCUT2D eigenvalue weighted by atomic mass is 19.1. The van der Waals surface area contributed by atoms with Crippen molar-refractivity contribution < 1.29 is 13.6 Å². The van der Waals surface area contributed by atoms with Crippen LogP contribution in [0.15, 0.2) is 48.5 Å². The van der Waals surface area contributed by atoms with Crippen LogP contribution in [0.5, 0.6) is 0 Å². The van der Waals surface area contributed by atoms with Crippen LogP contribution in [-0.4, -0.2) is 61.5 Å². The number of halogens is 2. The number of hydrogen-bond acceptors (Lipinski definition) is 3. The Morgan fingerprint density at radius 1 is 0.882 bits per heavy atom. The lowest BCUT2D eigenvalue weighted by molar-refractivity contribution is -0.131. The molecule has 0 N–H and O–H groups in total. The molecule has 3 aliphatic rings. The molecule has 2 heterocycles. The number of carbonyl (C=O) groups is 1. The van der Waals surface area contributed by atoms with E-state index in [-0.39, 0.29) is 23.5 Å². The highest BCUT2D eigenvalue weighted by molar-refractivity contribution is 5.77. The van der Waals surface area contributed by atoms with Crippen molar-refractivity contribution in [2.24, 2.45) is 11.8 Å². The standard InChI is InChI=1S/C28H35F2N3O/c29-24-8-10-26(11-9-24)32-14-12-31(13-15-32)18-23-19-33(28(34)16-21-4-1-2-5-21)20-27(23)22-6-3-7-25(30)17-22/h3,6-11,17,21,23,27H,1-2,4-5,12-16,18-20H2/t23-,27-/m0/s1. The third kappa shape index (κ3) is 5.43. The molecule has 2 saturated heterocycles. The smallest absolute Gasteiger partial charge is 0.222 e. The normalized spacial score (nSPS) is 24.2. The van der Waals surface area contributed by atoms with Gasteiger partial charge in [-0.1, -0.05) is 25.0 Å². The Kier molecular flexibility index (Phi) is 7.14. The predicted molar refractivity (Wildman–Crippen MR) is 131 cm³/mol. The van der Waals surface area contributed by atoms with Gasteiger partial charge in [-0.25, -0.2) is 8.78 Å². The fourth-order valence-corrected chi connectivity index (χ4v) is 6.14. The second-order valence-corrected chi connectivity index (χ2v) is 10.3. The van der Waals surface area contributed by atoms with Crippen molar-refractivity contribution in [3.63, 3.8) is 0 Å². The molecule has 182 valence electrons. The van der Waals surface area contributed by atoms with Crippen molar-refractivity contribution in [3.05, 3.63) is 65.7 Å². The molecule has 6 heteroatoms. The molecule has 1 amide bonds. The van der Waals surface area contributed by atoms with Gasteiger partial charge in [-0.15, -0.1) is 0 Å². The van der Waals surface area contributed by atoms with Gasteiger partial charge in [-0.05, 0) is 66.6 Å². The summed E-state index contributed by atoms with van der Waals surface area (Å²) in [5, 5.41) is 0. The molecule has 2 aromatic carbocycles. The summed E-state index contributed by atoms with van der Waals surface area (Å²) < 4.78 is 27.3. The molecule has 2 atom stereocenters. The number of rotatable bonds is 6. The van der Waals surface area contributed by atoms with E-state index in [0.717, 1.165) is 50.5 Å². The lowest BCUT2D eigenvalue weighted by Crippen LogP contribution is -2.48. The Bertz CT molecular complexity index is 968. The van der Waals surface area contributed by atoms with Crippen LogP contribution in [0.25, 0.3) is 0 Å². The summed E-state index contributed by atoms with van der Waals surface area (Å²) in [7, 11) is 0. The van der Waals surface area contributed by atoms with E-state index in [9.17, 15) is 13.6 Å². The predicted octanol–water partition coefficient (Wildman–Crippen LogP) is 4.91. The minimum absolute atomic E-state index is 0.165. The Morgan fingerprint density at radius 3 is 2.32 bits per heavy atom. The number of anilines is 1. The van der Waals surface area contributed by atoms with Crippen LogP contribution in [0.4, 0.5) is 14.5 Å². The van der Waals surface area contributed by atoms with Crippen LogP contribution in [0, 0.1) is 23.5 Å². The van der Waals surface area contributed by atoms with Gasteiger partial charge in [0, 0.05) is 63.8 Å². The summed E-state index contributed by atoms with van der Waals surface area (Å²) >= 11 is 0. The lowest BCUT2D eigenvalue weighted by Gasteiger charge is -2.37. The van der Waals surface area contributed by atoms with E-state index < -0.39 is 0 Å². The largest absolute Gasteiger partial charge is 0.369 e. The zero-order valence-electron chi connectivity index (χ0n) is 19.8. The maximum absolute atomic E-state index is 14.0. The monoisotopic (exact) mass is 467 g/mol. The number of nitrogens with zero attached hydrogens (tertiary/aromatic N) is 3. The molecule has 3 fully saturated rings. The molecule has 0 bridgehead atoms. The van der Waals surface area contributed by atoms with Crippen LogP contribution in [0.1, 0.15) is 43.6 Å². The van der Waals surface area contributed by atoms with Gasteiger partial charge in [0.05, 0.1) is 0 Å². The van der Waals surface area contributed by atoms with Gasteiger partial charge in [-0.3, -0.25) is 9.69 Å². The summed E-state index contributed by atoms with van der Waals surface area (Å²) in [6.07, 6.45) is 5.51. The zero-order valence-corrected chi connectivity index (χ0v) is 19.8. The minimum Gasteiger partial charge on any atom is -0.369 e. The summed E-state index contributed by atoms with van der Waals surface area (Å²) in [4.78, 5) is 19.9. The fraction of sp³-hybridized carbons (Fsp3) is 0.536. The first-order valence-corrected chi connectivity index (χ1v) is 12.8. The Hall–Kier alpha value is -2.47. The molecule has 2 aromatic rings. The first-order valence-electron chi connectivity index (χ1n) is 12.8. The molecule has 1 saturated carbocycles. The number of likely N-dealkylation sites (tertiary alicyclic amines) is 1. The average Bonchev–Trinajstić information content (AvgIpc) is 3.50. The number of piperazine rings is 1. The molecule has 5 rings (SSSR count). The Labute approximate surface area is 201 Å². The van der Waals surface area contributed by atoms with Gasteiger partial charge >= 0.3 is 0 Å². The van der Waals surface area contributed by atoms with Crippen molar-refractivity contribution in [2.45, 2.75) is 38.0 Å². The number of hydrogen-bond donors (Lipinski definition) is 0. The quantitative estimate of drug-likeness (QED) is 0.604. The van der Waals surface area contributed by atoms with Gasteiger partial charge in [0.1, 0.15) is 11.6 Å². The molecule has 0 spiro atoms. The molecular weight excluding hydrogens is 432 g/mol. The van der Waals surface area contributed by atoms with Crippen molar-refractivity contribution in [2.75, 3.05) is 50.7 Å². The summed E-state index contributed by atoms with van der Waals surface area (Å²) in [5.41, 5.74) is 2.06. The van der Waals surface area contributed by atoms with E-state index in [1.54, 1.807) is 12.1 Å². The summed E-state index contributed by atoms with van der Waals surface area (Å²) in [6, 6.07) is 13.7. The van der Waals surface area contributed by atoms with Crippen LogP contribution in [-0.2, 0) is 4.79 Å². The van der Waals surface area contributed by atoms with Crippen molar-refractivity contribution >= 4 is 11.6 Å². The van der Waals surface area contributed by atoms with Crippen molar-refractivity contribution in [1.29, 1.82) is 0 Å². The minimum atomic E-state index is -0.209. The molecular formula is C28H35F2N3O. The molecule has 0 radical (unpaired) electrons. The van der Waals surface area contributed by atoms with E-state index in [2.05, 4.69) is 9.80 Å². The van der Waals surface area contributed by atoms with E-state index in [1.807, 2.05) is 23.1 Å². The topological polar surface area (TPSA) is 26.8 Å². The number of benzene rings is 2. The van der Waals surface area contributed by atoms with Gasteiger partial charge in [0.25, 0.3) is 0 Å². The molecule has 2 aliphatic heterocycles. The van der Waals surface area contributed by atoms with Crippen molar-refractivity contribution in [3.8, 4) is 0 Å². The van der Waals surface area contributed by atoms with Gasteiger partial charge < -0.3 is 9.80 Å². The highest BCUT2D eigenvalue weighted by Crippen LogP contribution is 2.36. The maximum atomic E-state index is 14.0. The third-order valence-electron chi connectivity index (χ3n) is 8.07. The summed E-state index contributed by atoms with van der Waals surface area (Å²) in [5.74, 6) is 0.861. The molecule has 0 aromatic heterocycles. The van der Waals surface area contributed by atoms with E-state index >= 15 is 0 Å². The maximum Gasteiger partial charge on any atom is 0.222 e. The summed E-state index contributed by atoms with van der Waals surface area (Å²) in [6.45, 7) is 6.01. The molecule has 4 nitrogen and oxygen atoms in total. The lowest BCUT2D eigenvalue weighted by atomic mass is 9.88. The zero-order chi connectivity index (χ0) is 23.5. The third-order valence-corrected chi connectivity index (χ3v) is 8.07. The molecule has 0 unspecified atom stereocenters. The van der Waals surface area contributed by atoms with E-state index in [0.29, 0.717) is 24.8 Å². The Balaban J connectivity index is 1.23. The van der Waals surface area contributed by atoms with E-state index in [1.165, 1.54) is 43.9 Å². The number of amides is 1. The average molecular weight is 468 g/mol. The SMILES string of the molecule is O=C(CC1CCCC1)N1C[C@H](CN2CCN(c3ccc(F)cc3)CC2)[C@H](c2cccc(F)c2)C1. The first-order chi connectivity index (χ1) is 16.5. The van der Waals surface area contributed by atoms with E-state index in [4.69, 9.17) is 0 Å². The van der Waals surface area contributed by atoms with Crippen molar-refractivity contribution in [1.82, 2.24) is 9.80 Å². The molecule has 34 heavy (non-hydrogen) atoms. The van der Waals surface area contributed by atoms with Crippen LogP contribution in [0.3, 0.4) is 0 Å². The fourth-order valence-electron chi connectivity index (χ4n) is 6.14. The van der Waals surface area contributed by atoms with Crippen LogP contribution >= 0.6 is 0 Å². The second kappa shape index (κ2) is 10.4. The molecule has 1 aliphatic carbocycles. The second-order valence-electron chi connectivity index (χ2n) is 10.3. The van der Waals surface area contributed by atoms with Gasteiger partial charge in [-0.2, -0.15) is 0 Å². The highest BCUT2D eigenvalue weighted by Gasteiger charge is 2.38. The van der Waals surface area contributed by atoms with Gasteiger partial charge in [0.2, 0.25) is 5.91 Å². The Morgan fingerprint density at radius 2 is 1.62 bits per heavy atom.